The van der Waals surface area contributed by atoms with Gasteiger partial charge in [0.2, 0.25) is 0 Å². The summed E-state index contributed by atoms with van der Waals surface area (Å²) in [6.07, 6.45) is -5.69. The van der Waals surface area contributed by atoms with Gasteiger partial charge in [-0.25, -0.2) is 0 Å². The summed E-state index contributed by atoms with van der Waals surface area (Å²) >= 11 is 2.10. The molecule has 0 aliphatic heterocycles. The van der Waals surface area contributed by atoms with Crippen molar-refractivity contribution in [2.24, 2.45) is 0 Å². The molecular formula is C11H12F3IO. The van der Waals surface area contributed by atoms with E-state index in [1.165, 1.54) is 0 Å². The second kappa shape index (κ2) is 5.86. The Morgan fingerprint density at radius 1 is 1.31 bits per heavy atom. The molecule has 1 rings (SSSR count). The standard InChI is InChI=1S/C11H12F3IO/c12-11(13,14)6-2-5-10(16)8-3-1-4-9(15)7-8/h1,3-4,7,10,16H,2,5-6H2. The van der Waals surface area contributed by atoms with Gasteiger partial charge in [0.1, 0.15) is 0 Å². The summed E-state index contributed by atoms with van der Waals surface area (Å²) < 4.78 is 36.6. The molecule has 0 aliphatic rings. The molecule has 0 amide bonds. The second-order valence-electron chi connectivity index (χ2n) is 3.58. The van der Waals surface area contributed by atoms with Crippen molar-refractivity contribution in [2.45, 2.75) is 31.5 Å². The molecule has 0 fully saturated rings. The van der Waals surface area contributed by atoms with Crippen molar-refractivity contribution in [2.75, 3.05) is 0 Å². The van der Waals surface area contributed by atoms with Crippen molar-refractivity contribution in [3.63, 3.8) is 0 Å². The molecule has 16 heavy (non-hydrogen) atoms. The maximum atomic E-state index is 11.9. The highest BCUT2D eigenvalue weighted by Crippen LogP contribution is 2.26. The van der Waals surface area contributed by atoms with Crippen LogP contribution < -0.4 is 0 Å². The van der Waals surface area contributed by atoms with Gasteiger partial charge in [0.05, 0.1) is 6.10 Å². The second-order valence-corrected chi connectivity index (χ2v) is 4.82. The van der Waals surface area contributed by atoms with Crippen molar-refractivity contribution < 1.29 is 18.3 Å². The van der Waals surface area contributed by atoms with Crippen LogP contribution in [0.25, 0.3) is 0 Å². The van der Waals surface area contributed by atoms with Crippen LogP contribution in [0.15, 0.2) is 24.3 Å². The van der Waals surface area contributed by atoms with Gasteiger partial charge in [-0.2, -0.15) is 13.2 Å². The Bertz CT molecular complexity index is 338. The Hall–Kier alpha value is -0.300. The molecule has 0 aromatic heterocycles. The molecule has 0 saturated carbocycles. The summed E-state index contributed by atoms with van der Waals surface area (Å²) in [5, 5.41) is 9.67. The van der Waals surface area contributed by atoms with Crippen molar-refractivity contribution in [1.82, 2.24) is 0 Å². The number of alkyl halides is 3. The molecule has 0 heterocycles. The first kappa shape index (κ1) is 13.8. The topological polar surface area (TPSA) is 20.2 Å². The molecule has 0 spiro atoms. The zero-order valence-electron chi connectivity index (χ0n) is 8.47. The van der Waals surface area contributed by atoms with E-state index < -0.39 is 18.7 Å². The van der Waals surface area contributed by atoms with E-state index in [9.17, 15) is 18.3 Å². The molecule has 1 atom stereocenters. The minimum Gasteiger partial charge on any atom is -0.388 e. The quantitative estimate of drug-likeness (QED) is 0.817. The monoisotopic (exact) mass is 344 g/mol. The molecule has 1 aromatic rings. The average Bonchev–Trinajstić information content (AvgIpc) is 2.15. The maximum absolute atomic E-state index is 11.9. The van der Waals surface area contributed by atoms with E-state index in [0.29, 0.717) is 5.56 Å². The fourth-order valence-corrected chi connectivity index (χ4v) is 1.94. The predicted octanol–water partition coefficient (Wildman–Crippen LogP) is 4.06. The van der Waals surface area contributed by atoms with E-state index >= 15 is 0 Å². The number of rotatable bonds is 4. The van der Waals surface area contributed by atoms with Crippen LogP contribution in [0.3, 0.4) is 0 Å². The lowest BCUT2D eigenvalue weighted by atomic mass is 10.0. The fourth-order valence-electron chi connectivity index (χ4n) is 1.38. The molecule has 5 heteroatoms. The molecular weight excluding hydrogens is 332 g/mol. The average molecular weight is 344 g/mol. The Morgan fingerprint density at radius 2 is 2.00 bits per heavy atom. The molecule has 1 aromatic carbocycles. The fraction of sp³-hybridized carbons (Fsp3) is 0.455. The van der Waals surface area contributed by atoms with Crippen molar-refractivity contribution in [3.05, 3.63) is 33.4 Å². The van der Waals surface area contributed by atoms with Crippen LogP contribution in [0.2, 0.25) is 0 Å². The minimum absolute atomic E-state index is 0.0455. The van der Waals surface area contributed by atoms with E-state index in [2.05, 4.69) is 22.6 Å². The normalized spacial score (nSPS) is 13.8. The van der Waals surface area contributed by atoms with Crippen molar-refractivity contribution in [1.29, 1.82) is 0 Å². The number of hydrogen-bond donors (Lipinski definition) is 1. The Balaban J connectivity index is 2.44. The molecule has 1 nitrogen and oxygen atoms in total. The summed E-state index contributed by atoms with van der Waals surface area (Å²) in [4.78, 5) is 0. The van der Waals surface area contributed by atoms with E-state index in [1.807, 2.05) is 6.07 Å². The van der Waals surface area contributed by atoms with Crippen LogP contribution in [0.5, 0.6) is 0 Å². The Labute approximate surface area is 106 Å². The first-order valence-electron chi connectivity index (χ1n) is 4.89. The van der Waals surface area contributed by atoms with Crippen LogP contribution in [0.1, 0.15) is 30.9 Å². The number of aliphatic hydroxyl groups excluding tert-OH is 1. The molecule has 0 radical (unpaired) electrons. The number of hydrogen-bond acceptors (Lipinski definition) is 1. The molecule has 0 bridgehead atoms. The van der Waals surface area contributed by atoms with Gasteiger partial charge in [0.25, 0.3) is 0 Å². The molecule has 90 valence electrons. The SMILES string of the molecule is OC(CCCC(F)(F)F)c1cccc(I)c1. The highest BCUT2D eigenvalue weighted by atomic mass is 127. The third-order valence-corrected chi connectivity index (χ3v) is 2.84. The zero-order valence-corrected chi connectivity index (χ0v) is 10.6. The summed E-state index contributed by atoms with van der Waals surface area (Å²) in [6, 6.07) is 7.15. The summed E-state index contributed by atoms with van der Waals surface area (Å²) in [5.41, 5.74) is 0.675. The van der Waals surface area contributed by atoms with E-state index in [1.54, 1.807) is 18.2 Å². The van der Waals surface area contributed by atoms with E-state index in [0.717, 1.165) is 3.57 Å². The van der Waals surface area contributed by atoms with Gasteiger partial charge in [-0.3, -0.25) is 0 Å². The van der Waals surface area contributed by atoms with Gasteiger partial charge in [-0.15, -0.1) is 0 Å². The Morgan fingerprint density at radius 3 is 2.56 bits per heavy atom. The van der Waals surface area contributed by atoms with Gasteiger partial charge in [-0.05, 0) is 53.1 Å². The molecule has 0 aliphatic carbocycles. The largest absolute Gasteiger partial charge is 0.389 e. The van der Waals surface area contributed by atoms with Crippen LogP contribution in [0.4, 0.5) is 13.2 Å². The van der Waals surface area contributed by atoms with Crippen molar-refractivity contribution in [3.8, 4) is 0 Å². The van der Waals surface area contributed by atoms with Crippen LogP contribution in [-0.2, 0) is 0 Å². The van der Waals surface area contributed by atoms with Gasteiger partial charge in [0.15, 0.2) is 0 Å². The lowest BCUT2D eigenvalue weighted by Gasteiger charge is -2.12. The van der Waals surface area contributed by atoms with Crippen molar-refractivity contribution >= 4 is 22.6 Å². The third kappa shape index (κ3) is 5.16. The summed E-state index contributed by atoms with van der Waals surface area (Å²) in [7, 11) is 0. The van der Waals surface area contributed by atoms with Gasteiger partial charge in [-0.1, -0.05) is 12.1 Å². The van der Waals surface area contributed by atoms with Gasteiger partial charge >= 0.3 is 6.18 Å². The highest BCUT2D eigenvalue weighted by molar-refractivity contribution is 14.1. The van der Waals surface area contributed by atoms with E-state index in [-0.39, 0.29) is 12.8 Å². The lowest BCUT2D eigenvalue weighted by molar-refractivity contribution is -0.136. The van der Waals surface area contributed by atoms with E-state index in [4.69, 9.17) is 0 Å². The first-order valence-corrected chi connectivity index (χ1v) is 5.96. The number of aliphatic hydroxyl groups is 1. The zero-order chi connectivity index (χ0) is 12.2. The minimum atomic E-state index is -4.13. The van der Waals surface area contributed by atoms with Crippen LogP contribution >= 0.6 is 22.6 Å². The van der Waals surface area contributed by atoms with Gasteiger partial charge < -0.3 is 5.11 Å². The number of halogens is 4. The maximum Gasteiger partial charge on any atom is 0.389 e. The lowest BCUT2D eigenvalue weighted by Crippen LogP contribution is -2.08. The summed E-state index contributed by atoms with van der Waals surface area (Å²) in [5.74, 6) is 0. The first-order chi connectivity index (χ1) is 7.38. The molecule has 0 saturated heterocycles. The third-order valence-electron chi connectivity index (χ3n) is 2.17. The summed E-state index contributed by atoms with van der Waals surface area (Å²) in [6.45, 7) is 0. The smallest absolute Gasteiger partial charge is 0.388 e. The van der Waals surface area contributed by atoms with Crippen LogP contribution in [0, 0.1) is 3.57 Å². The molecule has 1 unspecified atom stereocenters. The Kier molecular flexibility index (Phi) is 5.04. The highest BCUT2D eigenvalue weighted by Gasteiger charge is 2.26. The van der Waals surface area contributed by atoms with Gasteiger partial charge in [0, 0.05) is 9.99 Å². The molecule has 1 N–H and O–H groups in total. The number of benzene rings is 1. The van der Waals surface area contributed by atoms with Crippen LogP contribution in [-0.4, -0.2) is 11.3 Å². The predicted molar refractivity (Wildman–Crippen MR) is 64.0 cm³/mol.